The van der Waals surface area contributed by atoms with E-state index in [1.165, 1.54) is 17.8 Å². The average molecular weight is 442 g/mol. The van der Waals surface area contributed by atoms with Crippen molar-refractivity contribution in [3.05, 3.63) is 89.0 Å². The molecule has 1 aliphatic rings. The van der Waals surface area contributed by atoms with Gasteiger partial charge in [-0.2, -0.15) is 0 Å². The van der Waals surface area contributed by atoms with Gasteiger partial charge in [0.05, 0.1) is 0 Å². The minimum atomic E-state index is -0.316. The Hall–Kier alpha value is -3.44. The Morgan fingerprint density at radius 3 is 2.09 bits per heavy atom. The molecule has 2 heterocycles. The molecule has 0 aliphatic carbocycles. The summed E-state index contributed by atoms with van der Waals surface area (Å²) in [4.78, 5) is 20.5. The van der Waals surface area contributed by atoms with Gasteiger partial charge in [-0.25, -0.2) is 4.39 Å². The van der Waals surface area contributed by atoms with Gasteiger partial charge in [0, 0.05) is 49.0 Å². The van der Waals surface area contributed by atoms with Crippen LogP contribution in [0.1, 0.15) is 13.8 Å². The van der Waals surface area contributed by atoms with Crippen molar-refractivity contribution >= 4 is 16.6 Å². The minimum Gasteiger partial charge on any atom is -0.369 e. The first kappa shape index (κ1) is 21.4. The van der Waals surface area contributed by atoms with Crippen LogP contribution in [0.4, 0.5) is 10.1 Å². The van der Waals surface area contributed by atoms with Gasteiger partial charge in [-0.3, -0.25) is 9.69 Å². The van der Waals surface area contributed by atoms with E-state index in [0.717, 1.165) is 48.2 Å². The van der Waals surface area contributed by atoms with Crippen molar-refractivity contribution in [2.75, 3.05) is 31.1 Å². The van der Waals surface area contributed by atoms with Crippen LogP contribution in [0.2, 0.25) is 0 Å². The predicted octanol–water partition coefficient (Wildman–Crippen LogP) is 5.53. The number of fused-ring (bicyclic) bond motifs is 1. The van der Waals surface area contributed by atoms with Crippen LogP contribution in [0.3, 0.4) is 0 Å². The van der Waals surface area contributed by atoms with E-state index in [4.69, 9.17) is 0 Å². The number of aromatic nitrogens is 1. The highest BCUT2D eigenvalue weighted by atomic mass is 19.1. The molecule has 0 amide bonds. The molecule has 4 aromatic rings. The third-order valence-corrected chi connectivity index (χ3v) is 6.61. The molecule has 0 bridgehead atoms. The fourth-order valence-corrected chi connectivity index (χ4v) is 4.59. The van der Waals surface area contributed by atoms with Gasteiger partial charge < -0.3 is 9.88 Å². The molecule has 3 aromatic carbocycles. The van der Waals surface area contributed by atoms with Crippen molar-refractivity contribution in [1.82, 2.24) is 9.88 Å². The molecule has 1 fully saturated rings. The summed E-state index contributed by atoms with van der Waals surface area (Å²) in [5.41, 5.74) is 5.33. The van der Waals surface area contributed by atoms with Crippen molar-refractivity contribution < 1.29 is 4.39 Å². The SMILES string of the molecule is CC(C)N1CCN(c2ccc(-c3ccc4[nH]c(=O)c(-c5ccc(F)cc5)cc4c3)cc2)CC1. The van der Waals surface area contributed by atoms with Crippen LogP contribution in [0.15, 0.2) is 77.6 Å². The molecule has 168 valence electrons. The molecule has 5 rings (SSSR count). The zero-order chi connectivity index (χ0) is 22.9. The Morgan fingerprint density at radius 1 is 0.788 bits per heavy atom. The Morgan fingerprint density at radius 2 is 1.42 bits per heavy atom. The van der Waals surface area contributed by atoms with Gasteiger partial charge in [0.15, 0.2) is 0 Å². The van der Waals surface area contributed by atoms with E-state index in [-0.39, 0.29) is 11.4 Å². The van der Waals surface area contributed by atoms with E-state index in [9.17, 15) is 9.18 Å². The number of piperazine rings is 1. The van der Waals surface area contributed by atoms with Crippen LogP contribution in [0.5, 0.6) is 0 Å². The Balaban J connectivity index is 1.41. The van der Waals surface area contributed by atoms with Crippen LogP contribution in [0.25, 0.3) is 33.2 Å². The van der Waals surface area contributed by atoms with Crippen molar-refractivity contribution in [1.29, 1.82) is 0 Å². The Labute approximate surface area is 193 Å². The van der Waals surface area contributed by atoms with E-state index < -0.39 is 0 Å². The number of anilines is 1. The summed E-state index contributed by atoms with van der Waals surface area (Å²) >= 11 is 0. The standard InChI is InChI=1S/C28H28FN3O/c1-19(2)31-13-15-32(16-14-31)25-10-5-20(6-11-25)22-7-12-27-23(17-22)18-26(28(33)30-27)21-3-8-24(29)9-4-21/h3-12,17-19H,13-16H2,1-2H3,(H,30,33). The lowest BCUT2D eigenvalue weighted by Crippen LogP contribution is -2.48. The predicted molar refractivity (Wildman–Crippen MR) is 134 cm³/mol. The molecule has 1 N–H and O–H groups in total. The van der Waals surface area contributed by atoms with Crippen LogP contribution < -0.4 is 10.5 Å². The largest absolute Gasteiger partial charge is 0.369 e. The van der Waals surface area contributed by atoms with E-state index in [1.807, 2.05) is 18.2 Å². The maximum Gasteiger partial charge on any atom is 0.256 e. The number of rotatable bonds is 4. The first-order valence-electron chi connectivity index (χ1n) is 11.5. The number of hydrogen-bond acceptors (Lipinski definition) is 3. The summed E-state index contributed by atoms with van der Waals surface area (Å²) in [5, 5.41) is 0.945. The topological polar surface area (TPSA) is 39.3 Å². The summed E-state index contributed by atoms with van der Waals surface area (Å²) in [6, 6.07) is 23.3. The highest BCUT2D eigenvalue weighted by Gasteiger charge is 2.19. The summed E-state index contributed by atoms with van der Waals surface area (Å²) in [7, 11) is 0. The zero-order valence-electron chi connectivity index (χ0n) is 19.0. The fraction of sp³-hybridized carbons (Fsp3) is 0.250. The van der Waals surface area contributed by atoms with Gasteiger partial charge in [-0.05, 0) is 78.4 Å². The summed E-state index contributed by atoms with van der Waals surface area (Å²) in [6.07, 6.45) is 0. The molecule has 1 aromatic heterocycles. The van der Waals surface area contributed by atoms with Crippen LogP contribution in [-0.4, -0.2) is 42.1 Å². The number of aromatic amines is 1. The number of benzene rings is 3. The van der Waals surface area contributed by atoms with E-state index in [0.29, 0.717) is 17.2 Å². The molecule has 0 radical (unpaired) electrons. The Kier molecular flexibility index (Phi) is 5.73. The van der Waals surface area contributed by atoms with E-state index >= 15 is 0 Å². The molecule has 4 nitrogen and oxygen atoms in total. The summed E-state index contributed by atoms with van der Waals surface area (Å²) in [6.45, 7) is 8.80. The third-order valence-electron chi connectivity index (χ3n) is 6.61. The van der Waals surface area contributed by atoms with Gasteiger partial charge in [-0.15, -0.1) is 0 Å². The number of nitrogens with zero attached hydrogens (tertiary/aromatic N) is 2. The maximum atomic E-state index is 13.3. The molecule has 33 heavy (non-hydrogen) atoms. The number of pyridine rings is 1. The highest BCUT2D eigenvalue weighted by Crippen LogP contribution is 2.28. The molecular formula is C28H28FN3O. The molecule has 0 spiro atoms. The van der Waals surface area contributed by atoms with E-state index in [2.05, 4.69) is 59.0 Å². The first-order chi connectivity index (χ1) is 16.0. The molecule has 1 aliphatic heterocycles. The molecule has 0 atom stereocenters. The normalized spacial score (nSPS) is 14.8. The van der Waals surface area contributed by atoms with Crippen molar-refractivity contribution in [3.63, 3.8) is 0 Å². The minimum absolute atomic E-state index is 0.177. The van der Waals surface area contributed by atoms with Gasteiger partial charge in [0.1, 0.15) is 5.82 Å². The number of H-pyrrole nitrogens is 1. The molecule has 0 unspecified atom stereocenters. The number of nitrogens with one attached hydrogen (secondary N) is 1. The molecule has 1 saturated heterocycles. The van der Waals surface area contributed by atoms with Crippen LogP contribution in [0, 0.1) is 5.82 Å². The molecule has 5 heteroatoms. The second kappa shape index (κ2) is 8.83. The Bertz CT molecular complexity index is 1320. The monoisotopic (exact) mass is 441 g/mol. The van der Waals surface area contributed by atoms with Gasteiger partial charge in [0.25, 0.3) is 5.56 Å². The van der Waals surface area contributed by atoms with Gasteiger partial charge in [0.2, 0.25) is 0 Å². The third kappa shape index (κ3) is 4.41. The summed E-state index contributed by atoms with van der Waals surface area (Å²) < 4.78 is 13.3. The van der Waals surface area contributed by atoms with Gasteiger partial charge in [-0.1, -0.05) is 30.3 Å². The van der Waals surface area contributed by atoms with Crippen LogP contribution >= 0.6 is 0 Å². The smallest absolute Gasteiger partial charge is 0.256 e. The lowest BCUT2D eigenvalue weighted by atomic mass is 10.0. The fourth-order valence-electron chi connectivity index (χ4n) is 4.59. The quantitative estimate of drug-likeness (QED) is 0.453. The first-order valence-corrected chi connectivity index (χ1v) is 11.5. The van der Waals surface area contributed by atoms with Crippen molar-refractivity contribution in [2.24, 2.45) is 0 Å². The number of hydrogen-bond donors (Lipinski definition) is 1. The average Bonchev–Trinajstić information content (AvgIpc) is 2.84. The second-order valence-electron chi connectivity index (χ2n) is 8.98. The molecule has 0 saturated carbocycles. The molecular weight excluding hydrogens is 413 g/mol. The van der Waals surface area contributed by atoms with E-state index in [1.54, 1.807) is 12.1 Å². The lowest BCUT2D eigenvalue weighted by molar-refractivity contribution is 0.209. The maximum absolute atomic E-state index is 13.3. The van der Waals surface area contributed by atoms with Crippen molar-refractivity contribution in [2.45, 2.75) is 19.9 Å². The van der Waals surface area contributed by atoms with Crippen molar-refractivity contribution in [3.8, 4) is 22.3 Å². The highest BCUT2D eigenvalue weighted by molar-refractivity contribution is 5.87. The second-order valence-corrected chi connectivity index (χ2v) is 8.98. The lowest BCUT2D eigenvalue weighted by Gasteiger charge is -2.38. The van der Waals surface area contributed by atoms with Gasteiger partial charge >= 0.3 is 0 Å². The number of halogens is 1. The van der Waals surface area contributed by atoms with Crippen LogP contribution in [-0.2, 0) is 0 Å². The summed E-state index contributed by atoms with van der Waals surface area (Å²) in [5.74, 6) is -0.316. The zero-order valence-corrected chi connectivity index (χ0v) is 19.0.